The Balaban J connectivity index is 0. The normalized spacial score (nSPS) is 4.33. The SMILES string of the molecule is [C-]#N.[O]=[Cr](=[O])=[O]. The fourth-order valence-corrected chi connectivity index (χ4v) is 0. The van der Waals surface area contributed by atoms with Crippen molar-refractivity contribution < 1.29 is 25.4 Å². The standard InChI is InChI=1S/CN.Cr.3O/c1-2;;;;/q-1;;;;. The van der Waals surface area contributed by atoms with Crippen molar-refractivity contribution in [2.75, 3.05) is 0 Å². The summed E-state index contributed by atoms with van der Waals surface area (Å²) >= 11 is -3.79. The Kier molecular flexibility index (Phi) is 13.3. The average molecular weight is 126 g/mol. The molecule has 0 bridgehead atoms. The van der Waals surface area contributed by atoms with Gasteiger partial charge in [-0.2, -0.15) is 0 Å². The van der Waals surface area contributed by atoms with Crippen LogP contribution in [0.4, 0.5) is 0 Å². The molecule has 0 radical (unpaired) electrons. The minimum absolute atomic E-state index is 3.79. The van der Waals surface area contributed by atoms with Gasteiger partial charge in [0.05, 0.1) is 0 Å². The molecule has 4 nitrogen and oxygen atoms in total. The van der Waals surface area contributed by atoms with Crippen LogP contribution in [0.15, 0.2) is 0 Å². The van der Waals surface area contributed by atoms with Crippen LogP contribution in [-0.4, -0.2) is 0 Å². The van der Waals surface area contributed by atoms with Crippen molar-refractivity contribution in [3.63, 3.8) is 0 Å². The molecule has 0 atom stereocenters. The van der Waals surface area contributed by atoms with Crippen molar-refractivity contribution in [1.29, 1.82) is 5.26 Å². The summed E-state index contributed by atoms with van der Waals surface area (Å²) in [6.07, 6.45) is 0. The molecule has 0 saturated carbocycles. The molecule has 0 unspecified atom stereocenters. The van der Waals surface area contributed by atoms with Crippen LogP contribution in [0, 0.1) is 11.8 Å². The zero-order valence-corrected chi connectivity index (χ0v) is 3.86. The average Bonchev–Trinajstić information content (AvgIpc) is 1.41. The van der Waals surface area contributed by atoms with Crippen LogP contribution in [0.1, 0.15) is 0 Å². The molecular formula is CCrNO3-. The van der Waals surface area contributed by atoms with E-state index in [1.54, 1.807) is 0 Å². The Bertz CT molecular complexity index is 108. The number of hydrogen-bond donors (Lipinski definition) is 0. The van der Waals surface area contributed by atoms with Gasteiger partial charge in [0.15, 0.2) is 0 Å². The number of nitrogens with zero attached hydrogens (tertiary/aromatic N) is 1. The summed E-state index contributed by atoms with van der Waals surface area (Å²) in [6, 6.07) is 0. The second-order valence-corrected chi connectivity index (χ2v) is 0.842. The molecule has 0 aromatic carbocycles. The van der Waals surface area contributed by atoms with Crippen LogP contribution in [0.5, 0.6) is 0 Å². The molecule has 0 aliphatic carbocycles. The molecule has 0 aliphatic heterocycles. The maximum atomic E-state index is 8.54. The second-order valence-electron chi connectivity index (χ2n) is 0.204. The predicted molar refractivity (Wildman–Crippen MR) is 7.03 cm³/mol. The van der Waals surface area contributed by atoms with Gasteiger partial charge in [0.1, 0.15) is 0 Å². The molecule has 5 heteroatoms. The first-order valence-corrected chi connectivity index (χ1v) is 2.29. The minimum atomic E-state index is -3.79. The zero-order valence-electron chi connectivity index (χ0n) is 2.58. The summed E-state index contributed by atoms with van der Waals surface area (Å²) in [5, 5.41) is 6.25. The van der Waals surface area contributed by atoms with Gasteiger partial charge in [-0.1, -0.05) is 0 Å². The fraction of sp³-hybridized carbons (Fsp3) is 0. The number of rotatable bonds is 0. The van der Waals surface area contributed by atoms with Gasteiger partial charge >= 0.3 is 25.4 Å². The third-order valence-corrected chi connectivity index (χ3v) is 0. The van der Waals surface area contributed by atoms with Crippen LogP contribution in [0.3, 0.4) is 0 Å². The van der Waals surface area contributed by atoms with E-state index in [2.05, 4.69) is 0 Å². The summed E-state index contributed by atoms with van der Waals surface area (Å²) in [7, 11) is 0. The molecule has 0 fully saturated rings. The third-order valence-electron chi connectivity index (χ3n) is 0. The van der Waals surface area contributed by atoms with Crippen molar-refractivity contribution in [3.8, 4) is 0 Å². The van der Waals surface area contributed by atoms with Crippen LogP contribution in [0.2, 0.25) is 0 Å². The van der Waals surface area contributed by atoms with E-state index >= 15 is 0 Å². The van der Waals surface area contributed by atoms with E-state index in [1.807, 2.05) is 0 Å². The molecule has 0 aromatic heterocycles. The van der Waals surface area contributed by atoms with Crippen molar-refractivity contribution in [3.05, 3.63) is 6.57 Å². The fourth-order valence-electron chi connectivity index (χ4n) is 0. The third kappa shape index (κ3) is 60.2. The van der Waals surface area contributed by atoms with Gasteiger partial charge in [-0.05, 0) is 0 Å². The van der Waals surface area contributed by atoms with E-state index in [-0.39, 0.29) is 0 Å². The molecule has 0 heterocycles. The van der Waals surface area contributed by atoms with Crippen molar-refractivity contribution in [1.82, 2.24) is 0 Å². The molecule has 0 saturated heterocycles. The molecule has 0 aromatic rings. The predicted octanol–water partition coefficient (Wildman–Crippen LogP) is -0.263. The van der Waals surface area contributed by atoms with Gasteiger partial charge < -0.3 is 11.8 Å². The van der Waals surface area contributed by atoms with Crippen molar-refractivity contribution >= 4 is 0 Å². The van der Waals surface area contributed by atoms with Crippen LogP contribution in [-0.2, 0) is 25.4 Å². The maximum absolute atomic E-state index is 8.54. The van der Waals surface area contributed by atoms with Gasteiger partial charge in [0, 0.05) is 0 Å². The van der Waals surface area contributed by atoms with Gasteiger partial charge in [-0.15, -0.1) is 0 Å². The Hall–Kier alpha value is -0.578. The van der Waals surface area contributed by atoms with Crippen molar-refractivity contribution in [2.45, 2.75) is 0 Å². The van der Waals surface area contributed by atoms with E-state index in [0.717, 1.165) is 0 Å². The zero-order chi connectivity index (χ0) is 5.58. The van der Waals surface area contributed by atoms with Gasteiger partial charge in [-0.25, -0.2) is 0 Å². The summed E-state index contributed by atoms with van der Waals surface area (Å²) in [4.78, 5) is 0. The monoisotopic (exact) mass is 126 g/mol. The Morgan fingerprint density at radius 2 is 1.17 bits per heavy atom. The topological polar surface area (TPSA) is 75.0 Å². The Morgan fingerprint density at radius 3 is 1.17 bits per heavy atom. The molecule has 0 amide bonds. The quantitative estimate of drug-likeness (QED) is 0.419. The first-order valence-electron chi connectivity index (χ1n) is 0.724. The van der Waals surface area contributed by atoms with E-state index in [0.29, 0.717) is 0 Å². The first-order chi connectivity index (χ1) is 2.73. The molecule has 0 N–H and O–H groups in total. The first kappa shape index (κ1) is 9.05. The Labute approximate surface area is 38.0 Å². The summed E-state index contributed by atoms with van der Waals surface area (Å²) in [5.74, 6) is 0. The van der Waals surface area contributed by atoms with Gasteiger partial charge in [-0.3, -0.25) is 0 Å². The van der Waals surface area contributed by atoms with Crippen LogP contribution >= 0.6 is 0 Å². The second kappa shape index (κ2) is 8.83. The molecule has 0 spiro atoms. The van der Waals surface area contributed by atoms with Gasteiger partial charge in [0.2, 0.25) is 0 Å². The van der Waals surface area contributed by atoms with Crippen LogP contribution < -0.4 is 0 Å². The van der Waals surface area contributed by atoms with Gasteiger partial charge in [0.25, 0.3) is 0 Å². The van der Waals surface area contributed by atoms with E-state index in [9.17, 15) is 0 Å². The van der Waals surface area contributed by atoms with Crippen molar-refractivity contribution in [2.24, 2.45) is 0 Å². The molecule has 0 rings (SSSR count). The molecule has 6 heavy (non-hydrogen) atoms. The molecular weight excluding hydrogens is 126 g/mol. The van der Waals surface area contributed by atoms with E-state index < -0.39 is 14.0 Å². The van der Waals surface area contributed by atoms with E-state index in [1.165, 1.54) is 0 Å². The van der Waals surface area contributed by atoms with Crippen LogP contribution in [0.25, 0.3) is 0 Å². The molecule has 0 aliphatic rings. The Morgan fingerprint density at radius 1 is 1.17 bits per heavy atom. The summed E-state index contributed by atoms with van der Waals surface area (Å²) in [6.45, 7) is 4.75. The molecule has 34 valence electrons. The van der Waals surface area contributed by atoms with E-state index in [4.69, 9.17) is 23.2 Å². The summed E-state index contributed by atoms with van der Waals surface area (Å²) in [5.41, 5.74) is 0. The number of hydrogen-bond acceptors (Lipinski definition) is 4. The summed E-state index contributed by atoms with van der Waals surface area (Å²) < 4.78 is 25.6.